The van der Waals surface area contributed by atoms with Gasteiger partial charge in [-0.2, -0.15) is 5.10 Å². The molecule has 29 heavy (non-hydrogen) atoms. The SMILES string of the molecule is COc1cc(OCC2CCOCC2)c2cc(-c3cn4nc(OC)sc4n3)nn2c1. The molecule has 0 atom stereocenters. The van der Waals surface area contributed by atoms with Crippen LogP contribution in [0.2, 0.25) is 0 Å². The summed E-state index contributed by atoms with van der Waals surface area (Å²) in [4.78, 5) is 5.37. The Morgan fingerprint density at radius 1 is 1.07 bits per heavy atom. The minimum absolute atomic E-state index is 0.498. The molecule has 0 aromatic carbocycles. The van der Waals surface area contributed by atoms with Crippen molar-refractivity contribution < 1.29 is 18.9 Å². The zero-order valence-corrected chi connectivity index (χ0v) is 17.0. The van der Waals surface area contributed by atoms with E-state index in [-0.39, 0.29) is 0 Å². The Hall–Kier alpha value is -2.85. The van der Waals surface area contributed by atoms with Crippen LogP contribution in [0.5, 0.6) is 16.7 Å². The second kappa shape index (κ2) is 7.53. The van der Waals surface area contributed by atoms with Crippen LogP contribution in [-0.2, 0) is 4.74 Å². The Morgan fingerprint density at radius 2 is 1.93 bits per heavy atom. The van der Waals surface area contributed by atoms with Gasteiger partial charge in [0, 0.05) is 19.3 Å². The van der Waals surface area contributed by atoms with Crippen molar-refractivity contribution in [1.29, 1.82) is 0 Å². The van der Waals surface area contributed by atoms with Gasteiger partial charge in [0.05, 0.1) is 33.2 Å². The van der Waals surface area contributed by atoms with Gasteiger partial charge < -0.3 is 18.9 Å². The first-order valence-corrected chi connectivity index (χ1v) is 10.2. The standard InChI is InChI=1S/C19H21N5O4S/c1-25-13-7-17(28-11-12-3-5-27-6-4-12)16-8-14(21-23(16)9-13)15-10-24-18(20-15)29-19(22-24)26-2/h7-10,12H,3-6,11H2,1-2H3. The number of nitrogens with zero attached hydrogens (tertiary/aromatic N) is 5. The van der Waals surface area contributed by atoms with Gasteiger partial charge >= 0.3 is 0 Å². The van der Waals surface area contributed by atoms with E-state index in [2.05, 4.69) is 15.2 Å². The molecule has 1 fully saturated rings. The lowest BCUT2D eigenvalue weighted by molar-refractivity contribution is 0.0499. The Balaban J connectivity index is 1.47. The number of imidazole rings is 1. The van der Waals surface area contributed by atoms with Crippen LogP contribution in [0.15, 0.2) is 24.5 Å². The van der Waals surface area contributed by atoms with Gasteiger partial charge in [-0.05, 0) is 36.2 Å². The molecule has 0 saturated carbocycles. The maximum atomic E-state index is 6.18. The zero-order valence-electron chi connectivity index (χ0n) is 16.2. The predicted octanol–water partition coefficient (Wildman–Crippen LogP) is 2.93. The van der Waals surface area contributed by atoms with Crippen molar-refractivity contribution in [3.8, 4) is 28.1 Å². The fourth-order valence-corrected chi connectivity index (χ4v) is 4.10. The number of pyridine rings is 1. The zero-order chi connectivity index (χ0) is 19.8. The van der Waals surface area contributed by atoms with E-state index in [4.69, 9.17) is 18.9 Å². The first-order chi connectivity index (χ1) is 14.2. The summed E-state index contributed by atoms with van der Waals surface area (Å²) in [6, 6.07) is 3.88. The van der Waals surface area contributed by atoms with Crippen LogP contribution in [-0.4, -0.2) is 58.3 Å². The largest absolute Gasteiger partial charge is 0.495 e. The summed E-state index contributed by atoms with van der Waals surface area (Å²) in [5, 5.41) is 9.56. The number of methoxy groups -OCH3 is 2. The molecule has 0 radical (unpaired) electrons. The Kier molecular flexibility index (Phi) is 4.72. The molecule has 10 heteroatoms. The van der Waals surface area contributed by atoms with Crippen molar-refractivity contribution in [2.24, 2.45) is 5.92 Å². The molecule has 4 aromatic heterocycles. The van der Waals surface area contributed by atoms with Gasteiger partial charge in [0.2, 0.25) is 4.96 Å². The second-order valence-corrected chi connectivity index (χ2v) is 7.81. The number of hydrogen-bond donors (Lipinski definition) is 0. The number of ether oxygens (including phenoxy) is 4. The highest BCUT2D eigenvalue weighted by molar-refractivity contribution is 7.18. The summed E-state index contributed by atoms with van der Waals surface area (Å²) in [5.74, 6) is 1.93. The smallest absolute Gasteiger partial charge is 0.294 e. The van der Waals surface area contributed by atoms with Crippen LogP contribution < -0.4 is 14.2 Å². The molecular weight excluding hydrogens is 394 g/mol. The van der Waals surface area contributed by atoms with Crippen molar-refractivity contribution in [3.63, 3.8) is 0 Å². The highest BCUT2D eigenvalue weighted by atomic mass is 32.1. The van der Waals surface area contributed by atoms with E-state index in [1.165, 1.54) is 11.3 Å². The van der Waals surface area contributed by atoms with Crippen molar-refractivity contribution in [2.75, 3.05) is 34.0 Å². The second-order valence-electron chi connectivity index (χ2n) is 6.90. The lowest BCUT2D eigenvalue weighted by Gasteiger charge is -2.22. The highest BCUT2D eigenvalue weighted by Crippen LogP contribution is 2.31. The minimum atomic E-state index is 0.498. The van der Waals surface area contributed by atoms with Crippen molar-refractivity contribution >= 4 is 21.8 Å². The van der Waals surface area contributed by atoms with E-state index in [0.717, 1.165) is 53.7 Å². The summed E-state index contributed by atoms with van der Waals surface area (Å²) in [5.41, 5.74) is 2.35. The molecule has 152 valence electrons. The lowest BCUT2D eigenvalue weighted by Crippen LogP contribution is -2.21. The molecule has 1 aliphatic rings. The minimum Gasteiger partial charge on any atom is -0.495 e. The topological polar surface area (TPSA) is 84.4 Å². The average Bonchev–Trinajstić information content (AvgIpc) is 3.44. The van der Waals surface area contributed by atoms with Gasteiger partial charge in [-0.1, -0.05) is 0 Å². The van der Waals surface area contributed by atoms with Gasteiger partial charge in [0.15, 0.2) is 0 Å². The first kappa shape index (κ1) is 18.2. The molecule has 5 heterocycles. The van der Waals surface area contributed by atoms with E-state index in [1.807, 2.05) is 24.5 Å². The molecule has 0 amide bonds. The molecule has 0 aliphatic carbocycles. The molecule has 0 N–H and O–H groups in total. The van der Waals surface area contributed by atoms with Gasteiger partial charge in [0.25, 0.3) is 5.19 Å². The van der Waals surface area contributed by atoms with Crippen molar-refractivity contribution in [3.05, 3.63) is 24.5 Å². The molecule has 0 unspecified atom stereocenters. The summed E-state index contributed by atoms with van der Waals surface area (Å²) >= 11 is 1.38. The van der Waals surface area contributed by atoms with Gasteiger partial charge in [-0.15, -0.1) is 5.10 Å². The third-order valence-corrected chi connectivity index (χ3v) is 5.91. The summed E-state index contributed by atoms with van der Waals surface area (Å²) in [6.07, 6.45) is 5.72. The van der Waals surface area contributed by atoms with Crippen molar-refractivity contribution in [1.82, 2.24) is 24.2 Å². The summed E-state index contributed by atoms with van der Waals surface area (Å²) in [7, 11) is 3.23. The molecule has 1 saturated heterocycles. The number of hydrogen-bond acceptors (Lipinski definition) is 8. The Bertz CT molecular complexity index is 1110. The van der Waals surface area contributed by atoms with E-state index in [1.54, 1.807) is 23.3 Å². The fourth-order valence-electron chi connectivity index (χ4n) is 3.40. The third-order valence-electron chi connectivity index (χ3n) is 5.02. The normalized spacial score (nSPS) is 15.2. The Morgan fingerprint density at radius 3 is 2.69 bits per heavy atom. The molecule has 0 bridgehead atoms. The molecule has 5 rings (SSSR count). The molecule has 4 aromatic rings. The third kappa shape index (κ3) is 3.49. The highest BCUT2D eigenvalue weighted by Gasteiger charge is 2.18. The lowest BCUT2D eigenvalue weighted by atomic mass is 10.0. The maximum Gasteiger partial charge on any atom is 0.294 e. The number of aromatic nitrogens is 5. The number of fused-ring (bicyclic) bond motifs is 2. The van der Waals surface area contributed by atoms with E-state index >= 15 is 0 Å². The monoisotopic (exact) mass is 415 g/mol. The molecular formula is C19H21N5O4S. The number of rotatable bonds is 6. The average molecular weight is 415 g/mol. The Labute approximate surface area is 170 Å². The maximum absolute atomic E-state index is 6.18. The van der Waals surface area contributed by atoms with Crippen LogP contribution in [0.3, 0.4) is 0 Å². The molecule has 1 aliphatic heterocycles. The van der Waals surface area contributed by atoms with Crippen LogP contribution in [0.1, 0.15) is 12.8 Å². The van der Waals surface area contributed by atoms with Crippen LogP contribution in [0.4, 0.5) is 0 Å². The van der Waals surface area contributed by atoms with Crippen molar-refractivity contribution in [2.45, 2.75) is 12.8 Å². The van der Waals surface area contributed by atoms with E-state index < -0.39 is 0 Å². The summed E-state index contributed by atoms with van der Waals surface area (Å²) < 4.78 is 25.7. The predicted molar refractivity (Wildman–Crippen MR) is 107 cm³/mol. The first-order valence-electron chi connectivity index (χ1n) is 9.42. The van der Waals surface area contributed by atoms with Gasteiger partial charge in [-0.3, -0.25) is 0 Å². The fraction of sp³-hybridized carbons (Fsp3) is 0.421. The van der Waals surface area contributed by atoms with Crippen LogP contribution in [0, 0.1) is 5.92 Å². The van der Waals surface area contributed by atoms with Gasteiger partial charge in [-0.25, -0.2) is 14.0 Å². The van der Waals surface area contributed by atoms with E-state index in [0.29, 0.717) is 23.5 Å². The molecule has 9 nitrogen and oxygen atoms in total. The molecule has 0 spiro atoms. The summed E-state index contributed by atoms with van der Waals surface area (Å²) in [6.45, 7) is 2.25. The quantitative estimate of drug-likeness (QED) is 0.479. The van der Waals surface area contributed by atoms with Crippen LogP contribution >= 0.6 is 11.3 Å². The van der Waals surface area contributed by atoms with Crippen LogP contribution in [0.25, 0.3) is 21.9 Å². The van der Waals surface area contributed by atoms with Gasteiger partial charge in [0.1, 0.15) is 28.4 Å². The van der Waals surface area contributed by atoms with E-state index in [9.17, 15) is 0 Å².